The molecule has 2 aromatic rings. The summed E-state index contributed by atoms with van der Waals surface area (Å²) in [5.41, 5.74) is 2.16. The van der Waals surface area contributed by atoms with E-state index in [0.29, 0.717) is 0 Å². The second-order valence-corrected chi connectivity index (χ2v) is 7.40. The van der Waals surface area contributed by atoms with Crippen molar-refractivity contribution in [2.75, 3.05) is 0 Å². The fourth-order valence-corrected chi connectivity index (χ4v) is 2.62. The number of hydrogen-bond donors (Lipinski definition) is 1. The average Bonchev–Trinajstić information content (AvgIpc) is 2.54. The van der Waals surface area contributed by atoms with Crippen LogP contribution in [0.15, 0.2) is 42.5 Å². The Balaban J connectivity index is 2.15. The Bertz CT molecular complexity index is 795. The highest BCUT2D eigenvalue weighted by molar-refractivity contribution is 6.32. The lowest BCUT2D eigenvalue weighted by Gasteiger charge is -2.20. The highest BCUT2D eigenvalue weighted by Crippen LogP contribution is 2.26. The summed E-state index contributed by atoms with van der Waals surface area (Å²) in [5, 5.41) is 13.8. The van der Waals surface area contributed by atoms with E-state index in [-0.39, 0.29) is 33.6 Å². The predicted octanol–water partition coefficient (Wildman–Crippen LogP) is 5.04. The van der Waals surface area contributed by atoms with Crippen molar-refractivity contribution in [1.29, 1.82) is 0 Å². The first-order chi connectivity index (χ1) is 11.6. The Hall–Kier alpha value is -2.40. The van der Waals surface area contributed by atoms with E-state index in [0.717, 1.165) is 5.56 Å². The highest BCUT2D eigenvalue weighted by Gasteiger charge is 2.18. The largest absolute Gasteiger partial charge is 0.346 e. The third kappa shape index (κ3) is 4.57. The summed E-state index contributed by atoms with van der Waals surface area (Å²) in [6.45, 7) is 8.29. The van der Waals surface area contributed by atoms with Gasteiger partial charge in [-0.3, -0.25) is 14.9 Å². The first-order valence-corrected chi connectivity index (χ1v) is 8.32. The van der Waals surface area contributed by atoms with Gasteiger partial charge < -0.3 is 5.32 Å². The molecular formula is C19H21ClN2O3. The number of carbonyl (C=O) groups excluding carboxylic acids is 1. The number of benzene rings is 2. The highest BCUT2D eigenvalue weighted by atomic mass is 35.5. The van der Waals surface area contributed by atoms with E-state index < -0.39 is 4.92 Å². The van der Waals surface area contributed by atoms with Gasteiger partial charge in [0.15, 0.2) is 0 Å². The summed E-state index contributed by atoms with van der Waals surface area (Å²) < 4.78 is 0. The Morgan fingerprint density at radius 2 is 1.76 bits per heavy atom. The Labute approximate surface area is 152 Å². The summed E-state index contributed by atoms with van der Waals surface area (Å²) >= 11 is 5.78. The Morgan fingerprint density at radius 3 is 2.28 bits per heavy atom. The van der Waals surface area contributed by atoms with Gasteiger partial charge in [0.1, 0.15) is 5.02 Å². The Morgan fingerprint density at radius 1 is 1.16 bits per heavy atom. The average molecular weight is 361 g/mol. The number of hydrogen-bond acceptors (Lipinski definition) is 3. The van der Waals surface area contributed by atoms with Crippen molar-refractivity contribution in [2.24, 2.45) is 0 Å². The molecule has 25 heavy (non-hydrogen) atoms. The van der Waals surface area contributed by atoms with Crippen molar-refractivity contribution >= 4 is 23.2 Å². The van der Waals surface area contributed by atoms with Crippen molar-refractivity contribution in [2.45, 2.75) is 39.2 Å². The first kappa shape index (κ1) is 18.9. The smallest absolute Gasteiger partial charge is 0.288 e. The SMILES string of the molecule is CC(NC(=O)c1ccc(Cl)c([N+](=O)[O-])c1)c1ccc(C(C)(C)C)cc1. The van der Waals surface area contributed by atoms with Crippen molar-refractivity contribution < 1.29 is 9.72 Å². The molecule has 132 valence electrons. The van der Waals surface area contributed by atoms with Crippen molar-refractivity contribution in [3.8, 4) is 0 Å². The van der Waals surface area contributed by atoms with Crippen LogP contribution in [0.2, 0.25) is 5.02 Å². The summed E-state index contributed by atoms with van der Waals surface area (Å²) in [6, 6.07) is 11.9. The fourth-order valence-electron chi connectivity index (χ4n) is 2.43. The van der Waals surface area contributed by atoms with Crippen molar-refractivity contribution in [3.05, 3.63) is 74.3 Å². The lowest BCUT2D eigenvalue weighted by molar-refractivity contribution is -0.384. The van der Waals surface area contributed by atoms with Gasteiger partial charge in [-0.25, -0.2) is 0 Å². The van der Waals surface area contributed by atoms with Gasteiger partial charge in [0, 0.05) is 11.6 Å². The third-order valence-electron chi connectivity index (χ3n) is 4.03. The predicted molar refractivity (Wildman–Crippen MR) is 99.1 cm³/mol. The van der Waals surface area contributed by atoms with Crippen LogP contribution in [0.3, 0.4) is 0 Å². The second kappa shape index (κ2) is 7.23. The maximum atomic E-state index is 12.4. The minimum atomic E-state index is -0.603. The molecule has 0 spiro atoms. The number of amides is 1. The van der Waals surface area contributed by atoms with Gasteiger partial charge in [0.25, 0.3) is 11.6 Å². The molecule has 0 aliphatic heterocycles. The third-order valence-corrected chi connectivity index (χ3v) is 4.35. The number of halogens is 1. The normalized spacial score (nSPS) is 12.5. The minimum absolute atomic E-state index is 0.00682. The zero-order valence-electron chi connectivity index (χ0n) is 14.7. The van der Waals surface area contributed by atoms with Crippen LogP contribution in [0, 0.1) is 10.1 Å². The molecule has 1 amide bonds. The monoisotopic (exact) mass is 360 g/mol. The van der Waals surface area contributed by atoms with Crippen LogP contribution in [-0.4, -0.2) is 10.8 Å². The maximum Gasteiger partial charge on any atom is 0.288 e. The van der Waals surface area contributed by atoms with Gasteiger partial charge in [0.2, 0.25) is 0 Å². The minimum Gasteiger partial charge on any atom is -0.346 e. The zero-order valence-corrected chi connectivity index (χ0v) is 15.4. The molecule has 0 bridgehead atoms. The number of rotatable bonds is 4. The van der Waals surface area contributed by atoms with E-state index in [1.54, 1.807) is 0 Å². The molecule has 0 fully saturated rings. The topological polar surface area (TPSA) is 72.2 Å². The molecule has 1 N–H and O–H groups in total. The fraction of sp³-hybridized carbons (Fsp3) is 0.316. The molecule has 0 aromatic heterocycles. The van der Waals surface area contributed by atoms with Gasteiger partial charge in [-0.05, 0) is 35.6 Å². The zero-order chi connectivity index (χ0) is 18.8. The van der Waals surface area contributed by atoms with Gasteiger partial charge in [0.05, 0.1) is 11.0 Å². The lowest BCUT2D eigenvalue weighted by Crippen LogP contribution is -2.26. The summed E-state index contributed by atoms with van der Waals surface area (Å²) in [6.07, 6.45) is 0. The molecule has 1 unspecified atom stereocenters. The van der Waals surface area contributed by atoms with Crippen LogP contribution >= 0.6 is 11.6 Å². The number of nitro groups is 1. The molecule has 0 saturated heterocycles. The van der Waals surface area contributed by atoms with Crippen LogP contribution in [0.1, 0.15) is 55.2 Å². The molecule has 0 saturated carbocycles. The van der Waals surface area contributed by atoms with Crippen molar-refractivity contribution in [1.82, 2.24) is 5.32 Å². The molecule has 0 radical (unpaired) electrons. The van der Waals surface area contributed by atoms with E-state index >= 15 is 0 Å². The van der Waals surface area contributed by atoms with Crippen LogP contribution < -0.4 is 5.32 Å². The molecule has 2 rings (SSSR count). The van der Waals surface area contributed by atoms with Gasteiger partial charge in [-0.1, -0.05) is 56.6 Å². The molecule has 6 heteroatoms. The molecule has 2 aromatic carbocycles. The standard InChI is InChI=1S/C19H21ClN2O3/c1-12(13-5-8-15(9-6-13)19(2,3)4)21-18(23)14-7-10-16(20)17(11-14)22(24)25/h5-12H,1-4H3,(H,21,23). The second-order valence-electron chi connectivity index (χ2n) is 6.99. The molecule has 0 heterocycles. The van der Waals surface area contributed by atoms with E-state index in [9.17, 15) is 14.9 Å². The quantitative estimate of drug-likeness (QED) is 0.613. The molecule has 5 nitrogen and oxygen atoms in total. The van der Waals surface area contributed by atoms with Crippen LogP contribution in [0.4, 0.5) is 5.69 Å². The number of carbonyl (C=O) groups is 1. The van der Waals surface area contributed by atoms with Crippen LogP contribution in [-0.2, 0) is 5.41 Å². The van der Waals surface area contributed by atoms with Gasteiger partial charge in [-0.15, -0.1) is 0 Å². The summed E-state index contributed by atoms with van der Waals surface area (Å²) in [5.74, 6) is -0.382. The van der Waals surface area contributed by atoms with E-state index in [4.69, 9.17) is 11.6 Å². The first-order valence-electron chi connectivity index (χ1n) is 7.95. The van der Waals surface area contributed by atoms with E-state index in [2.05, 4.69) is 26.1 Å². The number of nitrogens with one attached hydrogen (secondary N) is 1. The van der Waals surface area contributed by atoms with Crippen LogP contribution in [0.5, 0.6) is 0 Å². The summed E-state index contributed by atoms with van der Waals surface area (Å²) in [4.78, 5) is 22.7. The number of nitrogens with zero attached hydrogens (tertiary/aromatic N) is 1. The molecule has 0 aliphatic rings. The van der Waals surface area contributed by atoms with Gasteiger partial charge >= 0.3 is 0 Å². The molecule has 1 atom stereocenters. The Kier molecular flexibility index (Phi) is 5.48. The summed E-state index contributed by atoms with van der Waals surface area (Å²) in [7, 11) is 0. The van der Waals surface area contributed by atoms with E-state index in [1.807, 2.05) is 31.2 Å². The maximum absolute atomic E-state index is 12.4. The molecule has 0 aliphatic carbocycles. The van der Waals surface area contributed by atoms with Crippen LogP contribution in [0.25, 0.3) is 0 Å². The van der Waals surface area contributed by atoms with Crippen molar-refractivity contribution in [3.63, 3.8) is 0 Å². The molecular weight excluding hydrogens is 340 g/mol. The lowest BCUT2D eigenvalue weighted by atomic mass is 9.86. The van der Waals surface area contributed by atoms with Gasteiger partial charge in [-0.2, -0.15) is 0 Å². The number of nitro benzene ring substituents is 1. The van der Waals surface area contributed by atoms with E-state index in [1.165, 1.54) is 23.8 Å².